The zero-order chi connectivity index (χ0) is 17.5. The fraction of sp³-hybridized carbons (Fsp3) is 0.375. The summed E-state index contributed by atoms with van der Waals surface area (Å²) in [7, 11) is 0. The van der Waals surface area contributed by atoms with Crippen LogP contribution >= 0.6 is 11.6 Å². The van der Waals surface area contributed by atoms with Gasteiger partial charge in [0.2, 0.25) is 0 Å². The zero-order valence-corrected chi connectivity index (χ0v) is 14.4. The molecule has 1 unspecified atom stereocenters. The summed E-state index contributed by atoms with van der Waals surface area (Å²) in [4.78, 5) is 30.6. The minimum absolute atomic E-state index is 0.0685. The van der Waals surface area contributed by atoms with Crippen molar-refractivity contribution in [2.24, 2.45) is 0 Å². The predicted octanol–water partition coefficient (Wildman–Crippen LogP) is 2.48. The van der Waals surface area contributed by atoms with E-state index in [9.17, 15) is 9.59 Å². The van der Waals surface area contributed by atoms with Crippen LogP contribution in [-0.2, 0) is 16.9 Å². The topological polar surface area (TPSA) is 80.1 Å². The summed E-state index contributed by atoms with van der Waals surface area (Å²) in [6, 6.07) is 6.55. The van der Waals surface area contributed by atoms with Crippen molar-refractivity contribution in [3.8, 4) is 0 Å². The van der Waals surface area contributed by atoms with E-state index >= 15 is 0 Å². The number of amides is 3. The van der Waals surface area contributed by atoms with Crippen LogP contribution in [0.5, 0.6) is 0 Å². The number of aromatic nitrogens is 3. The van der Waals surface area contributed by atoms with Gasteiger partial charge in [-0.05, 0) is 38.5 Å². The third-order valence-electron chi connectivity index (χ3n) is 4.11. The first-order valence-electron chi connectivity index (χ1n) is 7.61. The predicted molar refractivity (Wildman–Crippen MR) is 88.3 cm³/mol. The van der Waals surface area contributed by atoms with Crippen molar-refractivity contribution < 1.29 is 9.59 Å². The van der Waals surface area contributed by atoms with Crippen molar-refractivity contribution in [2.75, 3.05) is 0 Å². The van der Waals surface area contributed by atoms with Gasteiger partial charge in [-0.2, -0.15) is 5.10 Å². The van der Waals surface area contributed by atoms with E-state index in [2.05, 4.69) is 15.4 Å². The Hall–Kier alpha value is -2.41. The summed E-state index contributed by atoms with van der Waals surface area (Å²) in [5, 5.41) is 7.40. The van der Waals surface area contributed by atoms with Gasteiger partial charge in [-0.25, -0.2) is 14.5 Å². The van der Waals surface area contributed by atoms with Crippen molar-refractivity contribution in [1.82, 2.24) is 25.0 Å². The Morgan fingerprint density at radius 2 is 2.08 bits per heavy atom. The molecular weight excluding hydrogens is 330 g/mol. The lowest BCUT2D eigenvalue weighted by Gasteiger charge is -2.22. The molecule has 126 valence electrons. The van der Waals surface area contributed by atoms with Crippen LogP contribution in [0, 0.1) is 0 Å². The lowest BCUT2D eigenvalue weighted by Crippen LogP contribution is -2.40. The van der Waals surface area contributed by atoms with Crippen LogP contribution in [0.15, 0.2) is 30.6 Å². The minimum Gasteiger partial charge on any atom is -0.319 e. The molecule has 1 aliphatic rings. The Morgan fingerprint density at radius 3 is 2.75 bits per heavy atom. The highest BCUT2D eigenvalue weighted by Gasteiger charge is 2.49. The first kappa shape index (κ1) is 16.4. The van der Waals surface area contributed by atoms with Gasteiger partial charge in [0, 0.05) is 11.1 Å². The molecule has 1 saturated heterocycles. The number of carbonyl (C=O) groups is 2. The first-order valence-corrected chi connectivity index (χ1v) is 7.99. The molecule has 0 radical (unpaired) electrons. The molecule has 1 N–H and O–H groups in total. The van der Waals surface area contributed by atoms with Gasteiger partial charge in [0.05, 0.1) is 6.54 Å². The average Bonchev–Trinajstić information content (AvgIpc) is 3.07. The number of urea groups is 1. The number of rotatable bonds is 4. The van der Waals surface area contributed by atoms with Crippen LogP contribution in [0.4, 0.5) is 4.79 Å². The molecule has 0 saturated carbocycles. The summed E-state index contributed by atoms with van der Waals surface area (Å²) < 4.78 is 1.69. The van der Waals surface area contributed by atoms with E-state index in [1.807, 2.05) is 13.8 Å². The number of nitrogens with one attached hydrogen (secondary N) is 1. The molecule has 2 heterocycles. The lowest BCUT2D eigenvalue weighted by molar-refractivity contribution is -0.131. The quantitative estimate of drug-likeness (QED) is 0.862. The van der Waals surface area contributed by atoms with Gasteiger partial charge in [-0.15, -0.1) is 0 Å². The standard InChI is InChI=1S/C16H18ClN5O2/c1-10(2)22-13(18-9-19-22)8-21-14(23)16(3,20-15(21)24)11-5-4-6-12(17)7-11/h4-7,9-10H,8H2,1-3H3,(H,20,24). The second-order valence-electron chi connectivity index (χ2n) is 6.17. The molecule has 2 aromatic rings. The van der Waals surface area contributed by atoms with E-state index in [1.54, 1.807) is 35.9 Å². The van der Waals surface area contributed by atoms with Crippen molar-refractivity contribution >= 4 is 23.5 Å². The molecule has 7 nitrogen and oxygen atoms in total. The number of carbonyl (C=O) groups excluding carboxylic acids is 2. The SMILES string of the molecule is CC(C)n1ncnc1CN1C(=O)NC(C)(c2cccc(Cl)c2)C1=O. The van der Waals surface area contributed by atoms with Gasteiger partial charge in [0.1, 0.15) is 17.7 Å². The Balaban J connectivity index is 1.90. The molecule has 1 atom stereocenters. The highest BCUT2D eigenvalue weighted by molar-refractivity contribution is 6.30. The van der Waals surface area contributed by atoms with Crippen LogP contribution in [0.1, 0.15) is 38.2 Å². The van der Waals surface area contributed by atoms with Gasteiger partial charge < -0.3 is 5.32 Å². The fourth-order valence-corrected chi connectivity index (χ4v) is 2.99. The van der Waals surface area contributed by atoms with Crippen LogP contribution in [0.3, 0.4) is 0 Å². The molecule has 8 heteroatoms. The minimum atomic E-state index is -1.15. The maximum absolute atomic E-state index is 12.9. The number of halogens is 1. The Bertz CT molecular complexity index is 803. The van der Waals surface area contributed by atoms with Gasteiger partial charge in [-0.1, -0.05) is 23.7 Å². The molecule has 0 aliphatic carbocycles. The second kappa shape index (κ2) is 5.90. The number of benzene rings is 1. The van der Waals surface area contributed by atoms with E-state index in [-0.39, 0.29) is 18.5 Å². The average molecular weight is 348 g/mol. The molecular formula is C16H18ClN5O2. The van der Waals surface area contributed by atoms with Gasteiger partial charge in [-0.3, -0.25) is 9.69 Å². The number of imide groups is 1. The van der Waals surface area contributed by atoms with E-state index in [0.29, 0.717) is 16.4 Å². The maximum atomic E-state index is 12.9. The number of hydrogen-bond acceptors (Lipinski definition) is 4. The van der Waals surface area contributed by atoms with Crippen molar-refractivity contribution in [1.29, 1.82) is 0 Å². The number of nitrogens with zero attached hydrogens (tertiary/aromatic N) is 4. The summed E-state index contributed by atoms with van der Waals surface area (Å²) in [6.45, 7) is 5.66. The van der Waals surface area contributed by atoms with Crippen molar-refractivity contribution in [2.45, 2.75) is 38.9 Å². The Kier molecular flexibility index (Phi) is 4.04. The molecule has 1 aromatic carbocycles. The molecule has 0 spiro atoms. The van der Waals surface area contributed by atoms with E-state index in [0.717, 1.165) is 4.90 Å². The molecule has 1 aliphatic heterocycles. The van der Waals surface area contributed by atoms with Crippen LogP contribution < -0.4 is 5.32 Å². The molecule has 0 bridgehead atoms. The molecule has 3 rings (SSSR count). The van der Waals surface area contributed by atoms with E-state index in [1.165, 1.54) is 6.33 Å². The normalized spacial score (nSPS) is 20.8. The van der Waals surface area contributed by atoms with Gasteiger partial charge in [0.25, 0.3) is 5.91 Å². The zero-order valence-electron chi connectivity index (χ0n) is 13.7. The highest BCUT2D eigenvalue weighted by Crippen LogP contribution is 2.31. The van der Waals surface area contributed by atoms with Crippen LogP contribution in [0.25, 0.3) is 0 Å². The van der Waals surface area contributed by atoms with Crippen molar-refractivity contribution in [3.05, 3.63) is 47.0 Å². The Morgan fingerprint density at radius 1 is 1.33 bits per heavy atom. The van der Waals surface area contributed by atoms with E-state index < -0.39 is 11.6 Å². The largest absolute Gasteiger partial charge is 0.325 e. The van der Waals surface area contributed by atoms with Crippen LogP contribution in [0.2, 0.25) is 5.02 Å². The molecule has 24 heavy (non-hydrogen) atoms. The molecule has 1 fully saturated rings. The highest BCUT2D eigenvalue weighted by atomic mass is 35.5. The number of hydrogen-bond donors (Lipinski definition) is 1. The van der Waals surface area contributed by atoms with Gasteiger partial charge in [0.15, 0.2) is 0 Å². The van der Waals surface area contributed by atoms with Gasteiger partial charge >= 0.3 is 6.03 Å². The smallest absolute Gasteiger partial charge is 0.319 e. The van der Waals surface area contributed by atoms with Crippen molar-refractivity contribution in [3.63, 3.8) is 0 Å². The lowest BCUT2D eigenvalue weighted by atomic mass is 9.92. The summed E-state index contributed by atoms with van der Waals surface area (Å²) in [6.07, 6.45) is 1.42. The van der Waals surface area contributed by atoms with Crippen LogP contribution in [-0.4, -0.2) is 31.6 Å². The fourth-order valence-electron chi connectivity index (χ4n) is 2.80. The van der Waals surface area contributed by atoms with E-state index in [4.69, 9.17) is 11.6 Å². The summed E-state index contributed by atoms with van der Waals surface area (Å²) >= 11 is 6.02. The maximum Gasteiger partial charge on any atom is 0.325 e. The Labute approximate surface area is 144 Å². The summed E-state index contributed by atoms with van der Waals surface area (Å²) in [5.41, 5.74) is -0.508. The summed E-state index contributed by atoms with van der Waals surface area (Å²) in [5.74, 6) is 0.219. The monoisotopic (exact) mass is 347 g/mol. The first-order chi connectivity index (χ1) is 11.3. The second-order valence-corrected chi connectivity index (χ2v) is 6.61. The third-order valence-corrected chi connectivity index (χ3v) is 4.35. The molecule has 3 amide bonds. The molecule has 1 aromatic heterocycles. The third kappa shape index (κ3) is 2.65.